The van der Waals surface area contributed by atoms with Gasteiger partial charge in [0.25, 0.3) is 0 Å². The number of anilines is 1. The van der Waals surface area contributed by atoms with Crippen molar-refractivity contribution in [2.75, 3.05) is 11.9 Å². The molecule has 6 nitrogen and oxygen atoms in total. The molecular weight excluding hydrogens is 294 g/mol. The molecule has 3 rings (SSSR count). The fourth-order valence-electron chi connectivity index (χ4n) is 2.38. The quantitative estimate of drug-likeness (QED) is 0.890. The Bertz CT molecular complexity index is 725. The summed E-state index contributed by atoms with van der Waals surface area (Å²) < 4.78 is 31.8. The lowest BCUT2D eigenvalue weighted by Crippen LogP contribution is -2.30. The van der Waals surface area contributed by atoms with Crippen molar-refractivity contribution in [3.8, 4) is 0 Å². The van der Waals surface area contributed by atoms with Crippen molar-refractivity contribution in [2.24, 2.45) is 5.73 Å². The summed E-state index contributed by atoms with van der Waals surface area (Å²) in [4.78, 5) is 19.2. The first-order valence-corrected chi connectivity index (χ1v) is 6.83. The number of aromatic nitrogens is 2. The molecule has 0 aliphatic carbocycles. The Morgan fingerprint density at radius 2 is 2.05 bits per heavy atom. The number of nitrogens with zero attached hydrogens (tertiary/aromatic N) is 2. The number of primary amides is 1. The van der Waals surface area contributed by atoms with E-state index in [0.717, 1.165) is 12.1 Å². The SMILES string of the molecule is NC(=O)C1CCC(CNc2cnc3cc(F)c(F)cc3n2)O1. The van der Waals surface area contributed by atoms with Gasteiger partial charge in [0.2, 0.25) is 5.91 Å². The van der Waals surface area contributed by atoms with E-state index in [1.807, 2.05) is 0 Å². The van der Waals surface area contributed by atoms with Gasteiger partial charge in [-0.05, 0) is 12.8 Å². The van der Waals surface area contributed by atoms with Gasteiger partial charge < -0.3 is 15.8 Å². The van der Waals surface area contributed by atoms with Gasteiger partial charge in [0.05, 0.1) is 23.3 Å². The summed E-state index contributed by atoms with van der Waals surface area (Å²) in [5.74, 6) is -1.98. The lowest BCUT2D eigenvalue weighted by molar-refractivity contribution is -0.128. The van der Waals surface area contributed by atoms with E-state index >= 15 is 0 Å². The molecule has 2 aromatic rings. The monoisotopic (exact) mass is 308 g/mol. The number of ether oxygens (including phenoxy) is 1. The third kappa shape index (κ3) is 2.96. The highest BCUT2D eigenvalue weighted by atomic mass is 19.2. The van der Waals surface area contributed by atoms with Gasteiger partial charge >= 0.3 is 0 Å². The van der Waals surface area contributed by atoms with Crippen LogP contribution in [-0.4, -0.2) is 34.6 Å². The number of nitrogens with two attached hydrogens (primary N) is 1. The van der Waals surface area contributed by atoms with Gasteiger partial charge in [0.15, 0.2) is 11.6 Å². The Balaban J connectivity index is 1.67. The first-order chi connectivity index (χ1) is 10.5. The van der Waals surface area contributed by atoms with Gasteiger partial charge in [-0.25, -0.2) is 13.8 Å². The third-order valence-electron chi connectivity index (χ3n) is 3.52. The van der Waals surface area contributed by atoms with E-state index in [-0.39, 0.29) is 17.1 Å². The number of nitrogens with one attached hydrogen (secondary N) is 1. The topological polar surface area (TPSA) is 90.1 Å². The lowest BCUT2D eigenvalue weighted by atomic mass is 10.2. The molecule has 1 saturated heterocycles. The van der Waals surface area contributed by atoms with Crippen molar-refractivity contribution in [1.82, 2.24) is 9.97 Å². The van der Waals surface area contributed by atoms with Crippen LogP contribution < -0.4 is 11.1 Å². The van der Waals surface area contributed by atoms with Crippen LogP contribution in [-0.2, 0) is 9.53 Å². The molecule has 0 radical (unpaired) electrons. The van der Waals surface area contributed by atoms with Gasteiger partial charge in [0.1, 0.15) is 11.9 Å². The van der Waals surface area contributed by atoms with E-state index < -0.39 is 23.6 Å². The minimum absolute atomic E-state index is 0.153. The maximum absolute atomic E-state index is 13.2. The molecule has 1 aliphatic heterocycles. The lowest BCUT2D eigenvalue weighted by Gasteiger charge is -2.13. The number of amides is 1. The second kappa shape index (κ2) is 5.80. The third-order valence-corrected chi connectivity index (χ3v) is 3.52. The number of halogens is 2. The van der Waals surface area contributed by atoms with Crippen molar-refractivity contribution in [3.05, 3.63) is 30.0 Å². The van der Waals surface area contributed by atoms with E-state index in [2.05, 4.69) is 15.3 Å². The average Bonchev–Trinajstić information content (AvgIpc) is 2.95. The summed E-state index contributed by atoms with van der Waals surface area (Å²) in [5, 5.41) is 3.01. The van der Waals surface area contributed by atoms with E-state index in [4.69, 9.17) is 10.5 Å². The molecule has 8 heteroatoms. The standard InChI is InChI=1S/C14H14F2N4O2/c15-8-3-10-11(4-9(8)16)20-13(6-18-10)19-5-7-1-2-12(22-7)14(17)21/h3-4,6-7,12H,1-2,5H2,(H2,17,21)(H,19,20). The Hall–Kier alpha value is -2.35. The van der Waals surface area contributed by atoms with E-state index in [9.17, 15) is 13.6 Å². The second-order valence-electron chi connectivity index (χ2n) is 5.12. The minimum Gasteiger partial charge on any atom is -0.367 e. The van der Waals surface area contributed by atoms with Gasteiger partial charge in [0, 0.05) is 18.7 Å². The first kappa shape index (κ1) is 14.6. The number of hydrogen-bond acceptors (Lipinski definition) is 5. The van der Waals surface area contributed by atoms with E-state index in [0.29, 0.717) is 25.2 Å². The molecule has 0 spiro atoms. The zero-order chi connectivity index (χ0) is 15.7. The molecular formula is C14H14F2N4O2. The van der Waals surface area contributed by atoms with Crippen molar-refractivity contribution in [3.63, 3.8) is 0 Å². The predicted molar refractivity (Wildman–Crippen MR) is 75.0 cm³/mol. The number of hydrogen-bond donors (Lipinski definition) is 2. The maximum Gasteiger partial charge on any atom is 0.246 e. The number of carbonyl (C=O) groups excluding carboxylic acids is 1. The molecule has 22 heavy (non-hydrogen) atoms. The number of carbonyl (C=O) groups is 1. The van der Waals surface area contributed by atoms with Crippen molar-refractivity contribution in [2.45, 2.75) is 25.0 Å². The minimum atomic E-state index is -0.970. The van der Waals surface area contributed by atoms with Crippen molar-refractivity contribution < 1.29 is 18.3 Å². The Morgan fingerprint density at radius 1 is 1.32 bits per heavy atom. The van der Waals surface area contributed by atoms with Crippen LogP contribution in [0.3, 0.4) is 0 Å². The van der Waals surface area contributed by atoms with Gasteiger partial charge in [-0.3, -0.25) is 9.78 Å². The molecule has 3 N–H and O–H groups in total. The molecule has 2 atom stereocenters. The highest BCUT2D eigenvalue weighted by Gasteiger charge is 2.28. The van der Waals surface area contributed by atoms with Gasteiger partial charge in [-0.15, -0.1) is 0 Å². The largest absolute Gasteiger partial charge is 0.367 e. The summed E-state index contributed by atoms with van der Waals surface area (Å²) in [6.07, 6.45) is 2.03. The second-order valence-corrected chi connectivity index (χ2v) is 5.12. The molecule has 1 amide bonds. The molecule has 2 heterocycles. The number of benzene rings is 1. The molecule has 0 bridgehead atoms. The summed E-state index contributed by atoms with van der Waals surface area (Å²) in [5.41, 5.74) is 5.71. The Labute approximate surface area is 124 Å². The van der Waals surface area contributed by atoms with Crippen LogP contribution in [0.1, 0.15) is 12.8 Å². The highest BCUT2D eigenvalue weighted by molar-refractivity contribution is 5.79. The predicted octanol–water partition coefficient (Wildman–Crippen LogP) is 1.35. The maximum atomic E-state index is 13.2. The molecule has 1 aliphatic rings. The summed E-state index contributed by atoms with van der Waals surface area (Å²) in [6.45, 7) is 0.424. The normalized spacial score (nSPS) is 21.2. The van der Waals surface area contributed by atoms with Crippen LogP contribution in [0.2, 0.25) is 0 Å². The molecule has 1 aromatic carbocycles. The van der Waals surface area contributed by atoms with Crippen LogP contribution in [0, 0.1) is 11.6 Å². The Kier molecular flexibility index (Phi) is 3.84. The van der Waals surface area contributed by atoms with Crippen molar-refractivity contribution in [1.29, 1.82) is 0 Å². The molecule has 0 saturated carbocycles. The van der Waals surface area contributed by atoms with Crippen LogP contribution in [0.4, 0.5) is 14.6 Å². The number of fused-ring (bicyclic) bond motifs is 1. The summed E-state index contributed by atoms with van der Waals surface area (Å²) in [7, 11) is 0. The smallest absolute Gasteiger partial charge is 0.246 e. The van der Waals surface area contributed by atoms with Crippen LogP contribution in [0.5, 0.6) is 0 Å². The first-order valence-electron chi connectivity index (χ1n) is 6.83. The van der Waals surface area contributed by atoms with E-state index in [1.165, 1.54) is 6.20 Å². The molecule has 116 valence electrons. The zero-order valence-corrected chi connectivity index (χ0v) is 11.6. The summed E-state index contributed by atoms with van der Waals surface area (Å²) >= 11 is 0. The zero-order valence-electron chi connectivity index (χ0n) is 11.6. The fraction of sp³-hybridized carbons (Fsp3) is 0.357. The van der Waals surface area contributed by atoms with E-state index in [1.54, 1.807) is 0 Å². The molecule has 2 unspecified atom stereocenters. The molecule has 1 fully saturated rings. The van der Waals surface area contributed by atoms with Gasteiger partial charge in [-0.1, -0.05) is 0 Å². The van der Waals surface area contributed by atoms with Crippen LogP contribution in [0.25, 0.3) is 11.0 Å². The van der Waals surface area contributed by atoms with Crippen LogP contribution in [0.15, 0.2) is 18.3 Å². The van der Waals surface area contributed by atoms with Crippen molar-refractivity contribution >= 4 is 22.8 Å². The average molecular weight is 308 g/mol. The summed E-state index contributed by atoms with van der Waals surface area (Å²) in [6, 6.07) is 2.00. The fourth-order valence-corrected chi connectivity index (χ4v) is 2.38. The Morgan fingerprint density at radius 3 is 2.73 bits per heavy atom. The highest BCUT2D eigenvalue weighted by Crippen LogP contribution is 2.20. The molecule has 1 aromatic heterocycles. The number of rotatable bonds is 4. The van der Waals surface area contributed by atoms with Gasteiger partial charge in [-0.2, -0.15) is 0 Å². The van der Waals surface area contributed by atoms with Crippen LogP contribution >= 0.6 is 0 Å².